The van der Waals surface area contributed by atoms with Crippen LogP contribution in [0, 0.1) is 5.82 Å². The molecule has 1 unspecified atom stereocenters. The van der Waals surface area contributed by atoms with Crippen LogP contribution in [0.4, 0.5) is 4.39 Å². The molecular formula is C16H15FN4. The number of aromatic nitrogens is 2. The lowest BCUT2D eigenvalue weighted by Crippen LogP contribution is -2.29. The van der Waals surface area contributed by atoms with Gasteiger partial charge in [-0.1, -0.05) is 30.3 Å². The molecule has 0 amide bonds. The number of nitrogens with zero attached hydrogens (tertiary/aromatic N) is 2. The smallest absolute Gasteiger partial charge is 0.123 e. The summed E-state index contributed by atoms with van der Waals surface area (Å²) in [5, 5.41) is 4.53. The Morgan fingerprint density at radius 3 is 2.38 bits per heavy atom. The van der Waals surface area contributed by atoms with E-state index in [9.17, 15) is 4.39 Å². The van der Waals surface area contributed by atoms with Gasteiger partial charge in [0, 0.05) is 6.20 Å². The molecule has 0 bridgehead atoms. The number of hydrogen-bond acceptors (Lipinski definition) is 3. The van der Waals surface area contributed by atoms with E-state index in [1.54, 1.807) is 16.8 Å². The predicted octanol–water partition coefficient (Wildman–Crippen LogP) is 2.56. The summed E-state index contributed by atoms with van der Waals surface area (Å²) in [4.78, 5) is 0. The molecule has 0 aliphatic rings. The van der Waals surface area contributed by atoms with Crippen LogP contribution in [0.25, 0.3) is 5.69 Å². The molecule has 0 saturated heterocycles. The van der Waals surface area contributed by atoms with E-state index in [0.29, 0.717) is 0 Å². The van der Waals surface area contributed by atoms with Crippen LogP contribution in [-0.4, -0.2) is 9.78 Å². The first-order valence-corrected chi connectivity index (χ1v) is 6.60. The number of hydrazine groups is 1. The molecule has 1 atom stereocenters. The standard InChI is InChI=1S/C16H15FN4/c17-13-8-6-12(7-9-13)16(19-18)15-10-11-21(20-15)14-4-2-1-3-5-14/h1-11,16,19H,18H2. The van der Waals surface area contributed by atoms with Crippen LogP contribution >= 0.6 is 0 Å². The quantitative estimate of drug-likeness (QED) is 0.571. The van der Waals surface area contributed by atoms with Gasteiger partial charge in [0.15, 0.2) is 0 Å². The molecular weight excluding hydrogens is 267 g/mol. The predicted molar refractivity (Wildman–Crippen MR) is 79.1 cm³/mol. The minimum absolute atomic E-state index is 0.274. The van der Waals surface area contributed by atoms with Crippen LogP contribution in [0.1, 0.15) is 17.3 Å². The number of rotatable bonds is 4. The van der Waals surface area contributed by atoms with E-state index in [1.165, 1.54) is 12.1 Å². The Bertz CT molecular complexity index is 707. The minimum atomic E-state index is -0.282. The lowest BCUT2D eigenvalue weighted by Gasteiger charge is -2.13. The van der Waals surface area contributed by atoms with Crippen molar-refractivity contribution >= 4 is 0 Å². The van der Waals surface area contributed by atoms with Gasteiger partial charge in [0.05, 0.1) is 17.4 Å². The molecule has 0 saturated carbocycles. The first-order chi connectivity index (χ1) is 10.3. The number of nitrogens with two attached hydrogens (primary N) is 1. The minimum Gasteiger partial charge on any atom is -0.271 e. The Hall–Kier alpha value is -2.50. The molecule has 0 radical (unpaired) electrons. The van der Waals surface area contributed by atoms with E-state index in [-0.39, 0.29) is 11.9 Å². The fourth-order valence-electron chi connectivity index (χ4n) is 2.22. The van der Waals surface area contributed by atoms with Gasteiger partial charge in [-0.25, -0.2) is 14.5 Å². The van der Waals surface area contributed by atoms with Crippen molar-refractivity contribution in [2.45, 2.75) is 6.04 Å². The highest BCUT2D eigenvalue weighted by molar-refractivity contribution is 5.32. The van der Waals surface area contributed by atoms with Gasteiger partial charge in [-0.05, 0) is 35.9 Å². The van der Waals surface area contributed by atoms with Gasteiger partial charge < -0.3 is 0 Å². The largest absolute Gasteiger partial charge is 0.271 e. The second-order valence-electron chi connectivity index (χ2n) is 4.67. The molecule has 106 valence electrons. The van der Waals surface area contributed by atoms with Gasteiger partial charge in [-0.15, -0.1) is 0 Å². The lowest BCUT2D eigenvalue weighted by molar-refractivity contribution is 0.602. The summed E-state index contributed by atoms with van der Waals surface area (Å²) >= 11 is 0. The van der Waals surface area contributed by atoms with Crippen molar-refractivity contribution in [2.75, 3.05) is 0 Å². The zero-order valence-electron chi connectivity index (χ0n) is 11.3. The van der Waals surface area contributed by atoms with Crippen molar-refractivity contribution in [1.29, 1.82) is 0 Å². The van der Waals surface area contributed by atoms with Crippen LogP contribution in [0.3, 0.4) is 0 Å². The summed E-state index contributed by atoms with van der Waals surface area (Å²) in [6.45, 7) is 0. The Balaban J connectivity index is 1.92. The second kappa shape index (κ2) is 5.87. The molecule has 3 rings (SSSR count). The molecule has 2 aromatic carbocycles. The molecule has 0 fully saturated rings. The summed E-state index contributed by atoms with van der Waals surface area (Å²) in [5.41, 5.74) is 5.32. The molecule has 1 heterocycles. The van der Waals surface area contributed by atoms with Crippen molar-refractivity contribution in [2.24, 2.45) is 5.84 Å². The van der Waals surface area contributed by atoms with Gasteiger partial charge in [0.25, 0.3) is 0 Å². The Kier molecular flexibility index (Phi) is 3.77. The maximum Gasteiger partial charge on any atom is 0.123 e. The molecule has 0 aliphatic carbocycles. The number of hydrogen-bond donors (Lipinski definition) is 2. The van der Waals surface area contributed by atoms with E-state index >= 15 is 0 Å². The molecule has 0 aliphatic heterocycles. The highest BCUT2D eigenvalue weighted by atomic mass is 19.1. The fourth-order valence-corrected chi connectivity index (χ4v) is 2.22. The first kappa shape index (κ1) is 13.5. The molecule has 21 heavy (non-hydrogen) atoms. The van der Waals surface area contributed by atoms with Crippen LogP contribution < -0.4 is 11.3 Å². The fraction of sp³-hybridized carbons (Fsp3) is 0.0625. The average Bonchev–Trinajstić information content (AvgIpc) is 3.00. The monoisotopic (exact) mass is 282 g/mol. The maximum atomic E-state index is 13.0. The topological polar surface area (TPSA) is 55.9 Å². The van der Waals surface area contributed by atoms with E-state index in [1.807, 2.05) is 42.6 Å². The van der Waals surface area contributed by atoms with Crippen LogP contribution in [0.2, 0.25) is 0 Å². The Morgan fingerprint density at radius 2 is 1.71 bits per heavy atom. The average molecular weight is 282 g/mol. The van der Waals surface area contributed by atoms with Crippen molar-refractivity contribution < 1.29 is 4.39 Å². The molecule has 1 aromatic heterocycles. The molecule has 0 spiro atoms. The van der Waals surface area contributed by atoms with Crippen molar-refractivity contribution in [3.8, 4) is 5.69 Å². The normalized spacial score (nSPS) is 12.3. The van der Waals surface area contributed by atoms with Crippen molar-refractivity contribution in [3.05, 3.63) is 83.9 Å². The molecule has 4 nitrogen and oxygen atoms in total. The van der Waals surface area contributed by atoms with Crippen molar-refractivity contribution in [1.82, 2.24) is 15.2 Å². The van der Waals surface area contributed by atoms with Gasteiger partial charge in [0.1, 0.15) is 5.82 Å². The van der Waals surface area contributed by atoms with E-state index < -0.39 is 0 Å². The first-order valence-electron chi connectivity index (χ1n) is 6.60. The SMILES string of the molecule is NNC(c1ccc(F)cc1)c1ccn(-c2ccccc2)n1. The third-order valence-corrected chi connectivity index (χ3v) is 3.30. The summed E-state index contributed by atoms with van der Waals surface area (Å²) in [7, 11) is 0. The van der Waals surface area contributed by atoms with Gasteiger partial charge in [0.2, 0.25) is 0 Å². The van der Waals surface area contributed by atoms with Gasteiger partial charge in [-0.3, -0.25) is 5.84 Å². The lowest BCUT2D eigenvalue weighted by atomic mass is 10.0. The highest BCUT2D eigenvalue weighted by Crippen LogP contribution is 2.20. The number of para-hydroxylation sites is 1. The number of halogens is 1. The zero-order chi connectivity index (χ0) is 14.7. The van der Waals surface area contributed by atoms with E-state index in [4.69, 9.17) is 5.84 Å². The summed E-state index contributed by atoms with van der Waals surface area (Å²) in [6, 6.07) is 17.6. The maximum absolute atomic E-state index is 13.0. The summed E-state index contributed by atoms with van der Waals surface area (Å²) in [5.74, 6) is 5.36. The zero-order valence-corrected chi connectivity index (χ0v) is 11.3. The van der Waals surface area contributed by atoms with E-state index in [2.05, 4.69) is 10.5 Å². The Labute approximate surface area is 122 Å². The molecule has 3 N–H and O–H groups in total. The van der Waals surface area contributed by atoms with Crippen LogP contribution in [0.15, 0.2) is 66.9 Å². The third-order valence-electron chi connectivity index (χ3n) is 3.30. The van der Waals surface area contributed by atoms with Gasteiger partial charge >= 0.3 is 0 Å². The second-order valence-corrected chi connectivity index (χ2v) is 4.67. The van der Waals surface area contributed by atoms with Gasteiger partial charge in [-0.2, -0.15) is 5.10 Å². The van der Waals surface area contributed by atoms with E-state index in [0.717, 1.165) is 16.9 Å². The van der Waals surface area contributed by atoms with Crippen LogP contribution in [0.5, 0.6) is 0 Å². The highest BCUT2D eigenvalue weighted by Gasteiger charge is 2.15. The Morgan fingerprint density at radius 1 is 1.00 bits per heavy atom. The van der Waals surface area contributed by atoms with Crippen molar-refractivity contribution in [3.63, 3.8) is 0 Å². The number of benzene rings is 2. The summed E-state index contributed by atoms with van der Waals surface area (Å²) < 4.78 is 14.8. The number of nitrogens with one attached hydrogen (secondary N) is 1. The summed E-state index contributed by atoms with van der Waals surface area (Å²) in [6.07, 6.45) is 1.87. The molecule has 5 heteroatoms. The van der Waals surface area contributed by atoms with Crippen LogP contribution in [-0.2, 0) is 0 Å². The third kappa shape index (κ3) is 2.84. The molecule has 3 aromatic rings.